The fourth-order valence-electron chi connectivity index (χ4n) is 3.19. The van der Waals surface area contributed by atoms with Gasteiger partial charge in [0, 0.05) is 18.3 Å². The van der Waals surface area contributed by atoms with Crippen LogP contribution < -0.4 is 14.8 Å². The predicted octanol–water partition coefficient (Wildman–Crippen LogP) is 5.37. The Morgan fingerprint density at radius 1 is 1.00 bits per heavy atom. The molecule has 0 saturated heterocycles. The highest BCUT2D eigenvalue weighted by molar-refractivity contribution is 7.92. The number of nitrogens with zero attached hydrogens (tertiary/aromatic N) is 1. The number of nitrogens with one attached hydrogen (secondary N) is 2. The summed E-state index contributed by atoms with van der Waals surface area (Å²) in [6.07, 6.45) is 3.42. The summed E-state index contributed by atoms with van der Waals surface area (Å²) in [6, 6.07) is 19.0. The van der Waals surface area contributed by atoms with Gasteiger partial charge in [0.1, 0.15) is 11.6 Å². The van der Waals surface area contributed by atoms with Crippen LogP contribution in [0.25, 0.3) is 0 Å². The lowest BCUT2D eigenvalue weighted by atomic mass is 9.82. The van der Waals surface area contributed by atoms with Crippen molar-refractivity contribution in [2.75, 3.05) is 16.6 Å². The summed E-state index contributed by atoms with van der Waals surface area (Å²) < 4.78 is 33.1. The second-order valence-corrected chi connectivity index (χ2v) is 10.3. The van der Waals surface area contributed by atoms with Gasteiger partial charge < -0.3 is 10.1 Å². The molecule has 2 N–H and O–H groups in total. The summed E-state index contributed by atoms with van der Waals surface area (Å²) in [5.74, 6) is 0.862. The average molecular weight is 482 g/mol. The molecule has 1 amide bonds. The van der Waals surface area contributed by atoms with Gasteiger partial charge in [-0.25, -0.2) is 13.4 Å². The van der Waals surface area contributed by atoms with E-state index in [1.165, 1.54) is 23.9 Å². The van der Waals surface area contributed by atoms with Crippen molar-refractivity contribution in [1.29, 1.82) is 0 Å². The standard InChI is InChI=1S/C26H31N3O4S/c1-4-26(2,3)20-10-14-22(15-11-20)33-19-7-9-25(30)28-21-12-16-23(17-13-21)34(31,32)29-24-8-5-6-18-27-24/h5-6,8,10-18H,4,7,9,19H2,1-3H3,(H,27,29)(H,28,30). The molecule has 0 bridgehead atoms. The van der Waals surface area contributed by atoms with E-state index >= 15 is 0 Å². The van der Waals surface area contributed by atoms with E-state index in [1.807, 2.05) is 12.1 Å². The topological polar surface area (TPSA) is 97.4 Å². The molecule has 2 aromatic carbocycles. The summed E-state index contributed by atoms with van der Waals surface area (Å²) >= 11 is 0. The van der Waals surface area contributed by atoms with Gasteiger partial charge in [0.15, 0.2) is 0 Å². The van der Waals surface area contributed by atoms with Crippen LogP contribution in [-0.4, -0.2) is 25.9 Å². The van der Waals surface area contributed by atoms with Gasteiger partial charge in [-0.3, -0.25) is 9.52 Å². The lowest BCUT2D eigenvalue weighted by molar-refractivity contribution is -0.116. The fourth-order valence-corrected chi connectivity index (χ4v) is 4.20. The highest BCUT2D eigenvalue weighted by atomic mass is 32.2. The highest BCUT2D eigenvalue weighted by Gasteiger charge is 2.17. The summed E-state index contributed by atoms with van der Waals surface area (Å²) in [5, 5.41) is 2.78. The van der Waals surface area contributed by atoms with E-state index in [2.05, 4.69) is 47.9 Å². The second kappa shape index (κ2) is 11.2. The van der Waals surface area contributed by atoms with E-state index in [0.717, 1.165) is 12.2 Å². The lowest BCUT2D eigenvalue weighted by Gasteiger charge is -2.23. The molecule has 8 heteroatoms. The zero-order chi connectivity index (χ0) is 24.6. The Balaban J connectivity index is 1.43. The van der Waals surface area contributed by atoms with Gasteiger partial charge in [-0.15, -0.1) is 0 Å². The molecule has 1 heterocycles. The summed E-state index contributed by atoms with van der Waals surface area (Å²) in [6.45, 7) is 7.03. The van der Waals surface area contributed by atoms with E-state index in [1.54, 1.807) is 30.3 Å². The highest BCUT2D eigenvalue weighted by Crippen LogP contribution is 2.28. The van der Waals surface area contributed by atoms with Crippen molar-refractivity contribution in [3.05, 3.63) is 78.5 Å². The zero-order valence-electron chi connectivity index (χ0n) is 19.7. The Kier molecular flexibility index (Phi) is 8.28. The number of amides is 1. The van der Waals surface area contributed by atoms with Crippen LogP contribution in [0.5, 0.6) is 5.75 Å². The molecule has 0 aliphatic rings. The SMILES string of the molecule is CCC(C)(C)c1ccc(OCCCC(=O)Nc2ccc(S(=O)(=O)Nc3ccccn3)cc2)cc1. The number of ether oxygens (including phenoxy) is 1. The van der Waals surface area contributed by atoms with Crippen LogP contribution in [0.15, 0.2) is 77.8 Å². The number of pyridine rings is 1. The average Bonchev–Trinajstić information content (AvgIpc) is 2.83. The van der Waals surface area contributed by atoms with Crippen LogP contribution in [0, 0.1) is 0 Å². The molecular weight excluding hydrogens is 450 g/mol. The van der Waals surface area contributed by atoms with Crippen molar-refractivity contribution < 1.29 is 17.9 Å². The number of hydrogen-bond donors (Lipinski definition) is 2. The maximum absolute atomic E-state index is 12.5. The Morgan fingerprint density at radius 2 is 1.71 bits per heavy atom. The van der Waals surface area contributed by atoms with Crippen LogP contribution in [0.3, 0.4) is 0 Å². The van der Waals surface area contributed by atoms with Crippen LogP contribution >= 0.6 is 0 Å². The second-order valence-electron chi connectivity index (χ2n) is 8.61. The third-order valence-electron chi connectivity index (χ3n) is 5.69. The first kappa shape index (κ1) is 25.2. The number of benzene rings is 2. The smallest absolute Gasteiger partial charge is 0.263 e. The van der Waals surface area contributed by atoms with Crippen LogP contribution in [0.2, 0.25) is 0 Å². The van der Waals surface area contributed by atoms with Crippen LogP contribution in [-0.2, 0) is 20.2 Å². The summed E-state index contributed by atoms with van der Waals surface area (Å²) in [5.41, 5.74) is 1.93. The number of rotatable bonds is 11. The van der Waals surface area contributed by atoms with Crippen molar-refractivity contribution >= 4 is 27.4 Å². The Morgan fingerprint density at radius 3 is 2.32 bits per heavy atom. The number of sulfonamides is 1. The molecule has 3 rings (SSSR count). The van der Waals surface area contributed by atoms with Gasteiger partial charge in [-0.1, -0.05) is 39.0 Å². The first-order valence-electron chi connectivity index (χ1n) is 11.3. The van der Waals surface area contributed by atoms with E-state index in [-0.39, 0.29) is 22.0 Å². The van der Waals surface area contributed by atoms with Crippen molar-refractivity contribution in [1.82, 2.24) is 4.98 Å². The maximum atomic E-state index is 12.5. The summed E-state index contributed by atoms with van der Waals surface area (Å²) in [4.78, 5) is 16.3. The van der Waals surface area contributed by atoms with Gasteiger partial charge in [0.25, 0.3) is 10.0 Å². The normalized spacial score (nSPS) is 11.6. The minimum atomic E-state index is -3.76. The molecular formula is C26H31N3O4S. The van der Waals surface area contributed by atoms with Crippen LogP contribution in [0.4, 0.5) is 11.5 Å². The number of carbonyl (C=O) groups excluding carboxylic acids is 1. The van der Waals surface area contributed by atoms with Gasteiger partial charge >= 0.3 is 0 Å². The first-order valence-corrected chi connectivity index (χ1v) is 12.7. The Hall–Kier alpha value is -3.39. The molecule has 3 aromatic rings. The van der Waals surface area contributed by atoms with Gasteiger partial charge in [-0.05, 0) is 72.4 Å². The van der Waals surface area contributed by atoms with E-state index < -0.39 is 10.0 Å². The zero-order valence-corrected chi connectivity index (χ0v) is 20.6. The number of carbonyl (C=O) groups is 1. The van der Waals surface area contributed by atoms with E-state index in [9.17, 15) is 13.2 Å². The van der Waals surface area contributed by atoms with Crippen LogP contribution in [0.1, 0.15) is 45.6 Å². The molecule has 180 valence electrons. The van der Waals surface area contributed by atoms with Gasteiger partial charge in [0.05, 0.1) is 11.5 Å². The molecule has 1 aromatic heterocycles. The molecule has 0 atom stereocenters. The maximum Gasteiger partial charge on any atom is 0.263 e. The third kappa shape index (κ3) is 7.05. The fraction of sp³-hybridized carbons (Fsp3) is 0.308. The first-order chi connectivity index (χ1) is 16.2. The Bertz CT molecular complexity index is 1180. The molecule has 0 spiro atoms. The Labute approximate surface area is 201 Å². The van der Waals surface area contributed by atoms with Gasteiger partial charge in [0.2, 0.25) is 5.91 Å². The minimum absolute atomic E-state index is 0.0814. The van der Waals surface area contributed by atoms with Gasteiger partial charge in [-0.2, -0.15) is 0 Å². The van der Waals surface area contributed by atoms with Crippen molar-refractivity contribution in [3.8, 4) is 5.75 Å². The number of aromatic nitrogens is 1. The largest absolute Gasteiger partial charge is 0.494 e. The monoisotopic (exact) mass is 481 g/mol. The molecule has 0 aliphatic carbocycles. The van der Waals surface area contributed by atoms with Crippen molar-refractivity contribution in [2.24, 2.45) is 0 Å². The molecule has 0 saturated carbocycles. The molecule has 34 heavy (non-hydrogen) atoms. The lowest BCUT2D eigenvalue weighted by Crippen LogP contribution is -2.15. The molecule has 0 unspecified atom stereocenters. The van der Waals surface area contributed by atoms with Crippen molar-refractivity contribution in [3.63, 3.8) is 0 Å². The quantitative estimate of drug-likeness (QED) is 0.359. The third-order valence-corrected chi connectivity index (χ3v) is 7.06. The minimum Gasteiger partial charge on any atom is -0.494 e. The molecule has 0 fully saturated rings. The molecule has 0 aliphatic heterocycles. The molecule has 0 radical (unpaired) electrons. The number of hydrogen-bond acceptors (Lipinski definition) is 5. The van der Waals surface area contributed by atoms with Crippen molar-refractivity contribution in [2.45, 2.75) is 50.3 Å². The molecule has 7 nitrogen and oxygen atoms in total. The van der Waals surface area contributed by atoms with E-state index in [0.29, 0.717) is 25.1 Å². The predicted molar refractivity (Wildman–Crippen MR) is 135 cm³/mol. The summed E-state index contributed by atoms with van der Waals surface area (Å²) in [7, 11) is -3.76. The number of anilines is 2. The van der Waals surface area contributed by atoms with E-state index in [4.69, 9.17) is 4.74 Å².